The maximum absolute atomic E-state index is 6.36. The van der Waals surface area contributed by atoms with Gasteiger partial charge in [-0.15, -0.1) is 0 Å². The van der Waals surface area contributed by atoms with Gasteiger partial charge in [0.05, 0.1) is 5.92 Å². The number of methoxy groups -OCH3 is 2. The Labute approximate surface area is 212 Å². The molecule has 1 unspecified atom stereocenters. The molecule has 0 radical (unpaired) electrons. The van der Waals surface area contributed by atoms with Crippen LogP contribution in [0.15, 0.2) is 54.7 Å². The minimum absolute atomic E-state index is 0.0912. The van der Waals surface area contributed by atoms with Crippen LogP contribution < -0.4 is 10.1 Å². The van der Waals surface area contributed by atoms with Crippen LogP contribution in [0, 0.1) is 17.8 Å². The highest BCUT2D eigenvalue weighted by atomic mass is 16.8. The molecule has 4 aliphatic rings. The summed E-state index contributed by atoms with van der Waals surface area (Å²) in [6.45, 7) is 3.67. The molecule has 1 saturated carbocycles. The van der Waals surface area contributed by atoms with Crippen molar-refractivity contribution in [1.82, 2.24) is 10.3 Å². The van der Waals surface area contributed by atoms with Crippen LogP contribution in [0.3, 0.4) is 0 Å². The summed E-state index contributed by atoms with van der Waals surface area (Å²) in [6, 6.07) is 16.8. The average Bonchev–Trinajstić information content (AvgIpc) is 3.32. The highest BCUT2D eigenvalue weighted by Gasteiger charge is 2.65. The van der Waals surface area contributed by atoms with Crippen molar-refractivity contribution in [3.05, 3.63) is 65.9 Å². The van der Waals surface area contributed by atoms with Crippen LogP contribution in [0.2, 0.25) is 0 Å². The summed E-state index contributed by atoms with van der Waals surface area (Å²) < 4.78 is 30.1. The van der Waals surface area contributed by atoms with Gasteiger partial charge < -0.3 is 34.0 Å². The van der Waals surface area contributed by atoms with E-state index < -0.39 is 5.79 Å². The fourth-order valence-electron chi connectivity index (χ4n) is 6.55. The van der Waals surface area contributed by atoms with Gasteiger partial charge >= 0.3 is 0 Å². The molecule has 2 aromatic carbocycles. The molecule has 4 fully saturated rings. The lowest BCUT2D eigenvalue weighted by molar-refractivity contribution is -0.477. The van der Waals surface area contributed by atoms with Crippen LogP contribution in [-0.2, 0) is 32.0 Å². The molecule has 36 heavy (non-hydrogen) atoms. The Kier molecular flexibility index (Phi) is 6.52. The largest absolute Gasteiger partial charge is 0.489 e. The maximum atomic E-state index is 6.36. The molecule has 2 N–H and O–H groups in total. The van der Waals surface area contributed by atoms with Crippen molar-refractivity contribution in [1.29, 1.82) is 0 Å². The van der Waals surface area contributed by atoms with Gasteiger partial charge in [-0.2, -0.15) is 0 Å². The number of fused-ring (bicyclic) bond motifs is 2. The van der Waals surface area contributed by atoms with Gasteiger partial charge in [-0.3, -0.25) is 0 Å². The Morgan fingerprint density at radius 3 is 2.81 bits per heavy atom. The molecule has 4 bridgehead atoms. The summed E-state index contributed by atoms with van der Waals surface area (Å²) in [6.07, 6.45) is 4.37. The molecule has 1 aliphatic carbocycles. The molecule has 4 heterocycles. The van der Waals surface area contributed by atoms with Gasteiger partial charge in [-0.25, -0.2) is 0 Å². The first-order valence-electron chi connectivity index (χ1n) is 13.0. The minimum Gasteiger partial charge on any atom is -0.489 e. The molecule has 1 aromatic heterocycles. The molecule has 3 aromatic rings. The van der Waals surface area contributed by atoms with Crippen molar-refractivity contribution >= 4 is 10.9 Å². The molecular formula is C29H36N2O5. The highest BCUT2D eigenvalue weighted by molar-refractivity contribution is 5.84. The normalized spacial score (nSPS) is 33.2. The number of hydrogen-bond donors (Lipinski definition) is 2. The predicted octanol–water partition coefficient (Wildman–Crippen LogP) is 4.61. The van der Waals surface area contributed by atoms with E-state index >= 15 is 0 Å². The van der Waals surface area contributed by atoms with Gasteiger partial charge in [0.15, 0.2) is 18.4 Å². The maximum Gasteiger partial charge on any atom is 0.180 e. The number of nitrogens with one attached hydrogen (secondary N) is 2. The lowest BCUT2D eigenvalue weighted by atomic mass is 9.63. The summed E-state index contributed by atoms with van der Waals surface area (Å²) in [5.41, 5.74) is 3.58. The van der Waals surface area contributed by atoms with Crippen LogP contribution >= 0.6 is 0 Å². The standard InChI is InChI=1S/C29H36N2O5/c1-18-23-13-21(15-29(33-3)26(23)28(32-2)35-27(18)36-29)30-12-11-20-16-31-25-10-9-22(14-24(20)25)34-17-19-7-5-4-6-8-19/h4-10,14,16,18,21,23,26-28,30-31H,11-13,15,17H2,1-3H3/t18?,21-,23+,26+,27-,28+,29+/m0/s1. The number of benzene rings is 2. The average molecular weight is 493 g/mol. The molecule has 3 aliphatic heterocycles. The zero-order valence-electron chi connectivity index (χ0n) is 21.2. The predicted molar refractivity (Wildman–Crippen MR) is 136 cm³/mol. The Hall–Kier alpha value is -2.42. The number of H-pyrrole nitrogens is 1. The lowest BCUT2D eigenvalue weighted by Gasteiger charge is -2.62. The molecule has 7 atom stereocenters. The second kappa shape index (κ2) is 9.80. The van der Waals surface area contributed by atoms with Gasteiger partial charge in [0.2, 0.25) is 0 Å². The van der Waals surface area contributed by atoms with E-state index in [9.17, 15) is 0 Å². The summed E-state index contributed by atoms with van der Waals surface area (Å²) in [7, 11) is 3.46. The lowest BCUT2D eigenvalue weighted by Crippen LogP contribution is -2.71. The van der Waals surface area contributed by atoms with E-state index in [2.05, 4.69) is 47.7 Å². The third-order valence-electron chi connectivity index (χ3n) is 8.43. The van der Waals surface area contributed by atoms with Gasteiger partial charge in [-0.1, -0.05) is 37.3 Å². The quantitative estimate of drug-likeness (QED) is 0.454. The fraction of sp³-hybridized carbons (Fsp3) is 0.517. The topological polar surface area (TPSA) is 74.0 Å². The number of rotatable bonds is 9. The van der Waals surface area contributed by atoms with Crippen molar-refractivity contribution in [3.8, 4) is 5.75 Å². The summed E-state index contributed by atoms with van der Waals surface area (Å²) in [5.74, 6) is 1.08. The first-order chi connectivity index (χ1) is 17.6. The van der Waals surface area contributed by atoms with Gasteiger partial charge in [-0.05, 0) is 54.6 Å². The third-order valence-corrected chi connectivity index (χ3v) is 8.43. The second-order valence-electron chi connectivity index (χ2n) is 10.4. The second-order valence-corrected chi connectivity index (χ2v) is 10.4. The fourth-order valence-corrected chi connectivity index (χ4v) is 6.55. The first kappa shape index (κ1) is 23.9. The molecule has 7 heteroatoms. The zero-order chi connectivity index (χ0) is 24.7. The smallest absolute Gasteiger partial charge is 0.180 e. The molecule has 0 amide bonds. The Balaban J connectivity index is 1.10. The van der Waals surface area contributed by atoms with E-state index in [1.54, 1.807) is 14.2 Å². The number of aromatic nitrogens is 1. The Morgan fingerprint density at radius 1 is 1.14 bits per heavy atom. The van der Waals surface area contributed by atoms with Crippen molar-refractivity contribution in [2.45, 2.75) is 57.2 Å². The Bertz CT molecular complexity index is 1180. The van der Waals surface area contributed by atoms with Crippen LogP contribution in [-0.4, -0.2) is 50.2 Å². The van der Waals surface area contributed by atoms with E-state index in [4.69, 9.17) is 23.7 Å². The number of ether oxygens (including phenoxy) is 5. The molecule has 7 rings (SSSR count). The van der Waals surface area contributed by atoms with Gasteiger partial charge in [0.25, 0.3) is 0 Å². The van der Waals surface area contributed by atoms with E-state index in [0.29, 0.717) is 24.5 Å². The van der Waals surface area contributed by atoms with E-state index in [0.717, 1.165) is 42.6 Å². The summed E-state index contributed by atoms with van der Waals surface area (Å²) in [4.78, 5) is 3.41. The first-order valence-corrected chi connectivity index (χ1v) is 13.0. The molecule has 0 spiro atoms. The Morgan fingerprint density at radius 2 is 2.00 bits per heavy atom. The molecule has 7 nitrogen and oxygen atoms in total. The minimum atomic E-state index is -0.650. The van der Waals surface area contributed by atoms with E-state index in [1.807, 2.05) is 24.3 Å². The van der Waals surface area contributed by atoms with Crippen LogP contribution in [0.25, 0.3) is 10.9 Å². The van der Waals surface area contributed by atoms with Crippen molar-refractivity contribution < 1.29 is 23.7 Å². The van der Waals surface area contributed by atoms with E-state index in [1.165, 1.54) is 10.9 Å². The van der Waals surface area contributed by atoms with Crippen LogP contribution in [0.5, 0.6) is 5.75 Å². The SMILES string of the molecule is CO[C@@H]1O[C@H]2O[C@]3(OC)C[C@@H](NCCc4c[nH]c5ccc(OCc6ccccc6)cc45)C[C@H](C2C)[C@H]13. The third kappa shape index (κ3) is 4.23. The number of aromatic amines is 1. The highest BCUT2D eigenvalue weighted by Crippen LogP contribution is 2.56. The van der Waals surface area contributed by atoms with Gasteiger partial charge in [0.1, 0.15) is 12.4 Å². The monoisotopic (exact) mass is 492 g/mol. The van der Waals surface area contributed by atoms with Crippen LogP contribution in [0.1, 0.15) is 30.9 Å². The van der Waals surface area contributed by atoms with E-state index in [-0.39, 0.29) is 18.5 Å². The molecule has 3 saturated heterocycles. The molecule has 192 valence electrons. The van der Waals surface area contributed by atoms with Gasteiger partial charge in [0, 0.05) is 49.7 Å². The number of hydrogen-bond acceptors (Lipinski definition) is 6. The van der Waals surface area contributed by atoms with Crippen LogP contribution in [0.4, 0.5) is 0 Å². The summed E-state index contributed by atoms with van der Waals surface area (Å²) in [5, 5.41) is 5.01. The van der Waals surface area contributed by atoms with Crippen molar-refractivity contribution in [3.63, 3.8) is 0 Å². The summed E-state index contributed by atoms with van der Waals surface area (Å²) >= 11 is 0. The zero-order valence-corrected chi connectivity index (χ0v) is 21.2. The molecular weight excluding hydrogens is 456 g/mol. The van der Waals surface area contributed by atoms with Crippen molar-refractivity contribution in [2.75, 3.05) is 20.8 Å². The van der Waals surface area contributed by atoms with Crippen molar-refractivity contribution in [2.24, 2.45) is 17.8 Å².